The van der Waals surface area contributed by atoms with E-state index in [-0.39, 0.29) is 0 Å². The van der Waals surface area contributed by atoms with Crippen molar-refractivity contribution in [1.29, 1.82) is 0 Å². The molecule has 8 heterocycles. The molecule has 344 valence electrons. The van der Waals surface area contributed by atoms with Gasteiger partial charge in [0.15, 0.2) is 23.3 Å². The molecule has 18 heteroatoms. The number of ether oxygens (including phenoxy) is 4. The molecule has 6 saturated heterocycles. The number of anilines is 10. The van der Waals surface area contributed by atoms with Crippen LogP contribution < -0.4 is 49.8 Å². The molecular weight excluding hydrogens is 813 g/mol. The maximum absolute atomic E-state index is 6.62. The van der Waals surface area contributed by atoms with E-state index in [0.29, 0.717) is 32.1 Å². The average molecular weight is 879 g/mol. The Morgan fingerprint density at radius 1 is 0.375 bits per heavy atom. The van der Waals surface area contributed by atoms with Crippen LogP contribution in [0.2, 0.25) is 0 Å². The van der Waals surface area contributed by atoms with Crippen LogP contribution in [0.25, 0.3) is 0 Å². The number of aromatic nitrogens is 4. The van der Waals surface area contributed by atoms with Crippen LogP contribution in [0.4, 0.5) is 57.9 Å². The van der Waals surface area contributed by atoms with Crippen molar-refractivity contribution in [2.24, 2.45) is 0 Å². The lowest BCUT2D eigenvalue weighted by Crippen LogP contribution is -2.47. The zero-order valence-electron chi connectivity index (χ0n) is 37.8. The van der Waals surface area contributed by atoms with Crippen LogP contribution in [0.3, 0.4) is 0 Å². The SMILES string of the molecule is CN(C)c1c(N2CCOCC2)nc(N2CCN(c3ccccc3)CC2)nc1N1CCOCC1.Nc1c(N2CCOCC2)nc(N2CCN(c3ccccc3)CC2)nc1N1CCOCC1. The predicted octanol–water partition coefficient (Wildman–Crippen LogP) is 2.60. The fourth-order valence-corrected chi connectivity index (χ4v) is 9.17. The number of nitrogen functional groups attached to an aromatic ring is 1. The van der Waals surface area contributed by atoms with Gasteiger partial charge in [0.2, 0.25) is 11.9 Å². The number of benzene rings is 2. The van der Waals surface area contributed by atoms with Gasteiger partial charge in [-0.1, -0.05) is 36.4 Å². The second-order valence-electron chi connectivity index (χ2n) is 17.0. The molecule has 2 N–H and O–H groups in total. The molecule has 0 bridgehead atoms. The molecular formula is C46H66N14O4. The maximum Gasteiger partial charge on any atom is 0.229 e. The van der Waals surface area contributed by atoms with E-state index in [2.05, 4.69) is 119 Å². The summed E-state index contributed by atoms with van der Waals surface area (Å²) in [5.41, 5.74) is 10.9. The Labute approximate surface area is 378 Å². The van der Waals surface area contributed by atoms with Crippen LogP contribution in [0.1, 0.15) is 0 Å². The summed E-state index contributed by atoms with van der Waals surface area (Å²) in [6, 6.07) is 21.2. The number of morpholine rings is 4. The van der Waals surface area contributed by atoms with Crippen molar-refractivity contribution >= 4 is 57.9 Å². The first-order valence-electron chi connectivity index (χ1n) is 23.2. The second kappa shape index (κ2) is 21.0. The minimum atomic E-state index is 0.662. The van der Waals surface area contributed by atoms with Crippen molar-refractivity contribution in [2.45, 2.75) is 0 Å². The summed E-state index contributed by atoms with van der Waals surface area (Å²) in [7, 11) is 4.18. The van der Waals surface area contributed by atoms with E-state index in [1.54, 1.807) is 0 Å². The summed E-state index contributed by atoms with van der Waals surface area (Å²) in [5.74, 6) is 5.29. The quantitative estimate of drug-likeness (QED) is 0.263. The van der Waals surface area contributed by atoms with Gasteiger partial charge in [-0.2, -0.15) is 19.9 Å². The number of nitrogens with two attached hydrogens (primary N) is 1. The van der Waals surface area contributed by atoms with Crippen LogP contribution in [0.15, 0.2) is 60.7 Å². The first-order valence-corrected chi connectivity index (χ1v) is 23.2. The Hall–Kier alpha value is -5.56. The zero-order chi connectivity index (χ0) is 43.7. The Kier molecular flexibility index (Phi) is 14.3. The summed E-state index contributed by atoms with van der Waals surface area (Å²) < 4.78 is 22.3. The molecule has 0 spiro atoms. The van der Waals surface area contributed by atoms with Gasteiger partial charge < -0.3 is 68.8 Å². The molecule has 64 heavy (non-hydrogen) atoms. The number of para-hydroxylation sites is 2. The van der Waals surface area contributed by atoms with Crippen LogP contribution in [0.5, 0.6) is 0 Å². The van der Waals surface area contributed by atoms with Crippen molar-refractivity contribution in [3.8, 4) is 0 Å². The van der Waals surface area contributed by atoms with Gasteiger partial charge in [-0.3, -0.25) is 0 Å². The Balaban J connectivity index is 0.000000162. The number of hydrogen-bond acceptors (Lipinski definition) is 18. The van der Waals surface area contributed by atoms with E-state index in [1.165, 1.54) is 11.4 Å². The molecule has 0 unspecified atom stereocenters. The zero-order valence-corrected chi connectivity index (χ0v) is 37.8. The van der Waals surface area contributed by atoms with Gasteiger partial charge in [0.1, 0.15) is 11.4 Å². The van der Waals surface area contributed by atoms with Crippen molar-refractivity contribution in [1.82, 2.24) is 19.9 Å². The predicted molar refractivity (Wildman–Crippen MR) is 257 cm³/mol. The molecule has 2 aromatic carbocycles. The van der Waals surface area contributed by atoms with Crippen LogP contribution in [0, 0.1) is 0 Å². The third kappa shape index (κ3) is 10.2. The van der Waals surface area contributed by atoms with Crippen molar-refractivity contribution in [3.63, 3.8) is 0 Å². The topological polar surface area (TPSA) is 144 Å². The largest absolute Gasteiger partial charge is 0.393 e. The van der Waals surface area contributed by atoms with Gasteiger partial charge >= 0.3 is 0 Å². The molecule has 0 amide bonds. The lowest BCUT2D eigenvalue weighted by atomic mass is 10.2. The average Bonchev–Trinajstić information content (AvgIpc) is 3.38. The third-order valence-corrected chi connectivity index (χ3v) is 12.8. The highest BCUT2D eigenvalue weighted by Crippen LogP contribution is 2.38. The molecule has 0 saturated carbocycles. The minimum Gasteiger partial charge on any atom is -0.393 e. The van der Waals surface area contributed by atoms with Crippen LogP contribution >= 0.6 is 0 Å². The Morgan fingerprint density at radius 3 is 0.969 bits per heavy atom. The van der Waals surface area contributed by atoms with Gasteiger partial charge in [0.05, 0.1) is 52.9 Å². The summed E-state index contributed by atoms with van der Waals surface area (Å²) in [4.78, 5) is 41.0. The van der Waals surface area contributed by atoms with Gasteiger partial charge in [0.25, 0.3) is 0 Å². The van der Waals surface area contributed by atoms with E-state index in [9.17, 15) is 0 Å². The smallest absolute Gasteiger partial charge is 0.229 e. The molecule has 6 aliphatic rings. The number of piperazine rings is 2. The summed E-state index contributed by atoms with van der Waals surface area (Å²) in [6.07, 6.45) is 0. The van der Waals surface area contributed by atoms with Crippen LogP contribution in [-0.4, -0.2) is 192 Å². The van der Waals surface area contributed by atoms with Gasteiger partial charge in [-0.05, 0) is 24.3 Å². The summed E-state index contributed by atoms with van der Waals surface area (Å²) in [5, 5.41) is 0. The Morgan fingerprint density at radius 2 is 0.656 bits per heavy atom. The van der Waals surface area contributed by atoms with E-state index < -0.39 is 0 Å². The van der Waals surface area contributed by atoms with Crippen molar-refractivity contribution in [2.75, 3.05) is 221 Å². The van der Waals surface area contributed by atoms with E-state index in [1.807, 2.05) is 0 Å². The summed E-state index contributed by atoms with van der Waals surface area (Å²) >= 11 is 0. The number of rotatable bonds is 9. The molecule has 6 fully saturated rings. The third-order valence-electron chi connectivity index (χ3n) is 12.8. The normalized spacial score (nSPS) is 20.0. The molecule has 0 radical (unpaired) electrons. The lowest BCUT2D eigenvalue weighted by Gasteiger charge is -2.39. The van der Waals surface area contributed by atoms with Crippen LogP contribution in [-0.2, 0) is 18.9 Å². The minimum absolute atomic E-state index is 0.662. The van der Waals surface area contributed by atoms with Gasteiger partial charge in [-0.15, -0.1) is 0 Å². The maximum atomic E-state index is 6.62. The molecule has 0 atom stereocenters. The fraction of sp³-hybridized carbons (Fsp3) is 0.565. The molecule has 0 aliphatic carbocycles. The highest BCUT2D eigenvalue weighted by atomic mass is 16.5. The first kappa shape index (κ1) is 43.7. The van der Waals surface area contributed by atoms with E-state index in [0.717, 1.165) is 172 Å². The molecule has 4 aromatic rings. The first-order chi connectivity index (χ1) is 31.5. The highest BCUT2D eigenvalue weighted by Gasteiger charge is 2.31. The van der Waals surface area contributed by atoms with Gasteiger partial charge in [0, 0.05) is 130 Å². The highest BCUT2D eigenvalue weighted by molar-refractivity contribution is 5.81. The monoisotopic (exact) mass is 879 g/mol. The Bertz CT molecular complexity index is 1990. The standard InChI is InChI=1S/C24H35N7O2.C22H31N7O2/c1-27(2)21-22(29-12-16-32-17-13-29)25-24(26-23(21)30-14-18-33-19-15-30)31-10-8-28(9-11-31)20-6-4-3-5-7-20;23-19-20(27-10-14-30-15-11-27)24-22(25-21(19)28-12-16-31-17-13-28)29-8-6-26(7-9-29)18-4-2-1-3-5-18/h3-7H,8-19H2,1-2H3;1-5H,6-17,23H2. The number of nitrogens with zero attached hydrogens (tertiary/aromatic N) is 13. The molecule has 2 aromatic heterocycles. The fourth-order valence-electron chi connectivity index (χ4n) is 9.17. The lowest BCUT2D eigenvalue weighted by molar-refractivity contribution is 0.121. The summed E-state index contributed by atoms with van der Waals surface area (Å²) in [6.45, 7) is 19.7. The number of hydrogen-bond donors (Lipinski definition) is 1. The van der Waals surface area contributed by atoms with Crippen molar-refractivity contribution < 1.29 is 18.9 Å². The van der Waals surface area contributed by atoms with E-state index in [4.69, 9.17) is 44.6 Å². The second-order valence-corrected chi connectivity index (χ2v) is 17.0. The molecule has 18 nitrogen and oxygen atoms in total. The van der Waals surface area contributed by atoms with Crippen molar-refractivity contribution in [3.05, 3.63) is 60.7 Å². The van der Waals surface area contributed by atoms with E-state index >= 15 is 0 Å². The molecule has 6 aliphatic heterocycles. The molecule has 10 rings (SSSR count). The van der Waals surface area contributed by atoms with Gasteiger partial charge in [-0.25, -0.2) is 0 Å².